The quantitative estimate of drug-likeness (QED) is 0.878. The molecule has 1 aliphatic rings. The third-order valence-electron chi connectivity index (χ3n) is 3.91. The van der Waals surface area contributed by atoms with E-state index in [0.717, 1.165) is 0 Å². The molecular formula is C15H18BrNO5. The molecule has 0 aliphatic carbocycles. The van der Waals surface area contributed by atoms with Crippen molar-refractivity contribution >= 4 is 27.8 Å². The van der Waals surface area contributed by atoms with Gasteiger partial charge in [-0.3, -0.25) is 9.59 Å². The number of aliphatic carboxylic acids is 1. The number of amides is 1. The molecule has 120 valence electrons. The molecule has 1 amide bonds. The molecule has 0 aromatic heterocycles. The summed E-state index contributed by atoms with van der Waals surface area (Å²) in [5.41, 5.74) is 0.412. The highest BCUT2D eigenvalue weighted by atomic mass is 79.9. The van der Waals surface area contributed by atoms with Crippen molar-refractivity contribution in [2.45, 2.75) is 6.92 Å². The zero-order chi connectivity index (χ0) is 16.4. The van der Waals surface area contributed by atoms with Gasteiger partial charge in [-0.15, -0.1) is 0 Å². The minimum absolute atomic E-state index is 0.0688. The van der Waals surface area contributed by atoms with Gasteiger partial charge < -0.3 is 19.5 Å². The first kappa shape index (κ1) is 16.6. The first-order chi connectivity index (χ1) is 10.4. The molecular weight excluding hydrogens is 354 g/mol. The van der Waals surface area contributed by atoms with Gasteiger partial charge >= 0.3 is 5.97 Å². The second-order valence-corrected chi connectivity index (χ2v) is 6.12. The van der Waals surface area contributed by atoms with Crippen LogP contribution in [0, 0.1) is 11.8 Å². The summed E-state index contributed by atoms with van der Waals surface area (Å²) < 4.78 is 11.1. The van der Waals surface area contributed by atoms with Crippen LogP contribution in [-0.4, -0.2) is 49.2 Å². The van der Waals surface area contributed by atoms with Crippen LogP contribution in [0.1, 0.15) is 17.3 Å². The number of halogens is 1. The zero-order valence-electron chi connectivity index (χ0n) is 12.6. The molecule has 7 heteroatoms. The topological polar surface area (TPSA) is 76.1 Å². The van der Waals surface area contributed by atoms with Gasteiger partial charge in [-0.1, -0.05) is 6.92 Å². The van der Waals surface area contributed by atoms with Crippen LogP contribution in [0.3, 0.4) is 0 Å². The molecule has 1 aliphatic heterocycles. The number of hydrogen-bond donors (Lipinski definition) is 1. The number of methoxy groups -OCH3 is 2. The van der Waals surface area contributed by atoms with E-state index in [9.17, 15) is 14.7 Å². The molecule has 0 radical (unpaired) electrons. The van der Waals surface area contributed by atoms with Crippen LogP contribution in [0.25, 0.3) is 0 Å². The molecule has 1 aromatic rings. The molecule has 0 saturated carbocycles. The standard InChI is InChI=1S/C15H18BrNO5/c1-8-6-17(7-10(8)15(19)20)14(18)9-4-11(21-2)13(16)12(5-9)22-3/h4-5,8,10H,6-7H2,1-3H3,(H,19,20)/t8-,10-/m1/s1. The van der Waals surface area contributed by atoms with Crippen molar-refractivity contribution < 1.29 is 24.2 Å². The first-order valence-corrected chi connectivity index (χ1v) is 7.62. The van der Waals surface area contributed by atoms with E-state index in [2.05, 4.69) is 15.9 Å². The zero-order valence-corrected chi connectivity index (χ0v) is 14.2. The van der Waals surface area contributed by atoms with Crippen molar-refractivity contribution in [2.75, 3.05) is 27.3 Å². The Morgan fingerprint density at radius 2 is 1.77 bits per heavy atom. The second kappa shape index (κ2) is 6.56. The Bertz CT molecular complexity index is 579. The van der Waals surface area contributed by atoms with Crippen LogP contribution in [0.5, 0.6) is 11.5 Å². The normalized spacial score (nSPS) is 20.8. The molecule has 0 unspecified atom stereocenters. The van der Waals surface area contributed by atoms with Crippen molar-refractivity contribution in [3.63, 3.8) is 0 Å². The van der Waals surface area contributed by atoms with E-state index in [1.165, 1.54) is 14.2 Å². The molecule has 0 spiro atoms. The smallest absolute Gasteiger partial charge is 0.308 e. The lowest BCUT2D eigenvalue weighted by Gasteiger charge is -2.18. The van der Waals surface area contributed by atoms with Crippen molar-refractivity contribution in [2.24, 2.45) is 11.8 Å². The fourth-order valence-electron chi connectivity index (χ4n) is 2.63. The Morgan fingerprint density at radius 1 is 1.23 bits per heavy atom. The summed E-state index contributed by atoms with van der Waals surface area (Å²) in [6.07, 6.45) is 0. The highest BCUT2D eigenvalue weighted by Gasteiger charge is 2.37. The average Bonchev–Trinajstić information content (AvgIpc) is 2.89. The first-order valence-electron chi connectivity index (χ1n) is 6.82. The van der Waals surface area contributed by atoms with Gasteiger partial charge in [-0.05, 0) is 34.0 Å². The van der Waals surface area contributed by atoms with Crippen LogP contribution < -0.4 is 9.47 Å². The van der Waals surface area contributed by atoms with Crippen LogP contribution in [0.2, 0.25) is 0 Å². The Morgan fingerprint density at radius 3 is 2.18 bits per heavy atom. The van der Waals surface area contributed by atoms with Gasteiger partial charge in [0.2, 0.25) is 0 Å². The lowest BCUT2D eigenvalue weighted by molar-refractivity contribution is -0.142. The Hall–Kier alpha value is -1.76. The van der Waals surface area contributed by atoms with E-state index in [1.807, 2.05) is 6.92 Å². The van der Waals surface area contributed by atoms with Crippen LogP contribution in [-0.2, 0) is 4.79 Å². The third-order valence-corrected chi connectivity index (χ3v) is 4.69. The molecule has 2 rings (SSSR count). The van der Waals surface area contributed by atoms with Gasteiger partial charge in [0.15, 0.2) is 0 Å². The number of carboxylic acids is 1. The number of benzene rings is 1. The largest absolute Gasteiger partial charge is 0.495 e. The van der Waals surface area contributed by atoms with Crippen molar-refractivity contribution in [3.05, 3.63) is 22.2 Å². The highest BCUT2D eigenvalue weighted by Crippen LogP contribution is 2.36. The number of ether oxygens (including phenoxy) is 2. The van der Waals surface area contributed by atoms with Gasteiger partial charge in [0.05, 0.1) is 20.1 Å². The predicted octanol–water partition coefficient (Wildman–Crippen LogP) is 2.26. The van der Waals surface area contributed by atoms with Gasteiger partial charge in [0, 0.05) is 18.7 Å². The lowest BCUT2D eigenvalue weighted by atomic mass is 9.99. The van der Waals surface area contributed by atoms with E-state index >= 15 is 0 Å². The summed E-state index contributed by atoms with van der Waals surface area (Å²) in [4.78, 5) is 25.4. The molecule has 1 N–H and O–H groups in total. The van der Waals surface area contributed by atoms with Crippen molar-refractivity contribution in [1.82, 2.24) is 4.90 Å². The summed E-state index contributed by atoms with van der Waals surface area (Å²) in [6.45, 7) is 2.49. The van der Waals surface area contributed by atoms with Crippen molar-refractivity contribution in [3.8, 4) is 11.5 Å². The maximum Gasteiger partial charge on any atom is 0.308 e. The molecule has 1 saturated heterocycles. The summed E-state index contributed by atoms with van der Waals surface area (Å²) >= 11 is 3.35. The number of carbonyl (C=O) groups excluding carboxylic acids is 1. The molecule has 1 aromatic carbocycles. The van der Waals surface area contributed by atoms with Crippen LogP contribution in [0.4, 0.5) is 0 Å². The number of nitrogens with zero attached hydrogens (tertiary/aromatic N) is 1. The van der Waals surface area contributed by atoms with E-state index in [-0.39, 0.29) is 18.4 Å². The summed E-state index contributed by atoms with van der Waals surface area (Å²) in [7, 11) is 3.01. The SMILES string of the molecule is COc1cc(C(=O)N2C[C@@H](C)[C@H](C(=O)O)C2)cc(OC)c1Br. The Labute approximate surface area is 137 Å². The van der Waals surface area contributed by atoms with E-state index in [4.69, 9.17) is 9.47 Å². The van der Waals surface area contributed by atoms with Gasteiger partial charge in [-0.2, -0.15) is 0 Å². The maximum absolute atomic E-state index is 12.6. The fraction of sp³-hybridized carbons (Fsp3) is 0.467. The number of rotatable bonds is 4. The number of carbonyl (C=O) groups is 2. The van der Waals surface area contributed by atoms with Crippen LogP contribution >= 0.6 is 15.9 Å². The molecule has 1 heterocycles. The Balaban J connectivity index is 2.29. The summed E-state index contributed by atoms with van der Waals surface area (Å²) in [5, 5.41) is 9.17. The summed E-state index contributed by atoms with van der Waals surface area (Å²) in [5.74, 6) is -0.702. The minimum Gasteiger partial charge on any atom is -0.495 e. The average molecular weight is 372 g/mol. The van der Waals surface area contributed by atoms with E-state index < -0.39 is 11.9 Å². The molecule has 1 fully saturated rings. The van der Waals surface area contributed by atoms with E-state index in [0.29, 0.717) is 28.1 Å². The fourth-order valence-corrected chi connectivity index (χ4v) is 3.18. The minimum atomic E-state index is -0.867. The molecule has 0 bridgehead atoms. The second-order valence-electron chi connectivity index (χ2n) is 5.33. The van der Waals surface area contributed by atoms with Gasteiger partial charge in [0.25, 0.3) is 5.91 Å². The molecule has 22 heavy (non-hydrogen) atoms. The third kappa shape index (κ3) is 3.04. The summed E-state index contributed by atoms with van der Waals surface area (Å²) in [6, 6.07) is 3.24. The van der Waals surface area contributed by atoms with E-state index in [1.54, 1.807) is 17.0 Å². The molecule has 2 atom stereocenters. The van der Waals surface area contributed by atoms with Crippen molar-refractivity contribution in [1.29, 1.82) is 0 Å². The predicted molar refractivity (Wildman–Crippen MR) is 83.4 cm³/mol. The van der Waals surface area contributed by atoms with Gasteiger partial charge in [-0.25, -0.2) is 0 Å². The van der Waals surface area contributed by atoms with Gasteiger partial charge in [0.1, 0.15) is 16.0 Å². The number of hydrogen-bond acceptors (Lipinski definition) is 4. The number of carboxylic acid groups (broad SMARTS) is 1. The monoisotopic (exact) mass is 371 g/mol. The maximum atomic E-state index is 12.6. The Kier molecular flexibility index (Phi) is 4.95. The lowest BCUT2D eigenvalue weighted by Crippen LogP contribution is -2.30. The number of likely N-dealkylation sites (tertiary alicyclic amines) is 1. The highest BCUT2D eigenvalue weighted by molar-refractivity contribution is 9.10. The molecule has 6 nitrogen and oxygen atoms in total. The van der Waals surface area contributed by atoms with Crippen LogP contribution in [0.15, 0.2) is 16.6 Å².